The Balaban J connectivity index is -0.000000147. The van der Waals surface area contributed by atoms with E-state index in [9.17, 15) is 38.4 Å². The Labute approximate surface area is 415 Å². The predicted octanol–water partition coefficient (Wildman–Crippen LogP) is -0.632. The SMILES string of the molecule is C.CC(=O)COCCNC(=O)COCCN.CC(=O)COCCNC(=O)COCCN=[N+]=[N-].CC(=O)COCCNC(=O)COCCN=[N+]=[N-].[CH3-].[N-]=[N+]=NCCOCC(=O)NCCOCC(=O)O.[Pd]. The fourth-order valence-corrected chi connectivity index (χ4v) is 3.25. The number of amides is 4. The van der Waals surface area contributed by atoms with Gasteiger partial charge < -0.3 is 77.4 Å². The van der Waals surface area contributed by atoms with Crippen LogP contribution in [0.15, 0.2) is 15.3 Å². The Morgan fingerprint density at radius 3 is 0.899 bits per heavy atom. The molecule has 0 radical (unpaired) electrons. The van der Waals surface area contributed by atoms with Gasteiger partial charge in [-0.25, -0.2) is 4.79 Å². The zero-order chi connectivity index (χ0) is 50.3. The Kier molecular flexibility index (Phi) is 72.9. The molecular weight excluding hydrogens is 1020 g/mol. The molecule has 7 N–H and O–H groups in total. The molecule has 0 unspecified atom stereocenters. The molecule has 69 heavy (non-hydrogen) atoms. The normalized spacial score (nSPS) is 9.16. The first-order valence-corrected chi connectivity index (χ1v) is 19.8. The second-order valence-electron chi connectivity index (χ2n) is 12.0. The van der Waals surface area contributed by atoms with Crippen molar-refractivity contribution in [2.24, 2.45) is 21.1 Å². The Hall–Kier alpha value is -5.41. The minimum atomic E-state index is -1.06. The molecule has 0 aliphatic heterocycles. The van der Waals surface area contributed by atoms with Crippen LogP contribution in [0.25, 0.3) is 31.3 Å². The van der Waals surface area contributed by atoms with Crippen molar-refractivity contribution in [2.45, 2.75) is 28.2 Å². The maximum atomic E-state index is 11.1. The summed E-state index contributed by atoms with van der Waals surface area (Å²) >= 11 is 0. The molecule has 0 aliphatic rings. The van der Waals surface area contributed by atoms with E-state index in [-0.39, 0.29) is 188 Å². The van der Waals surface area contributed by atoms with Crippen molar-refractivity contribution < 1.29 is 102 Å². The van der Waals surface area contributed by atoms with Crippen LogP contribution in [0.4, 0.5) is 0 Å². The molecule has 0 fully saturated rings. The topological polar surface area (TPSA) is 451 Å². The molecule has 0 aromatic rings. The summed E-state index contributed by atoms with van der Waals surface area (Å²) in [6.07, 6.45) is 0. The molecule has 0 aromatic carbocycles. The maximum absolute atomic E-state index is 11.1. The van der Waals surface area contributed by atoms with Crippen LogP contribution in [0.1, 0.15) is 28.2 Å². The van der Waals surface area contributed by atoms with Crippen LogP contribution in [0, 0.1) is 7.43 Å². The summed E-state index contributed by atoms with van der Waals surface area (Å²) < 4.78 is 39.2. The van der Waals surface area contributed by atoms with Crippen LogP contribution < -0.4 is 27.0 Å². The number of aliphatic carboxylic acids is 1. The molecular formula is C37H71N14O17Pd-. The van der Waals surface area contributed by atoms with Gasteiger partial charge in [-0.15, -0.1) is 0 Å². The largest absolute Gasteiger partial charge is 0.480 e. The number of carbonyl (C=O) groups excluding carboxylic acids is 7. The monoisotopic (exact) mass is 1090 g/mol. The number of ether oxygens (including phenoxy) is 8. The maximum Gasteiger partial charge on any atom is 0.329 e. The molecule has 0 saturated heterocycles. The van der Waals surface area contributed by atoms with Gasteiger partial charge in [-0.2, -0.15) is 0 Å². The van der Waals surface area contributed by atoms with Crippen LogP contribution in [0.2, 0.25) is 0 Å². The molecule has 0 aromatic heterocycles. The third-order valence-corrected chi connectivity index (χ3v) is 5.81. The van der Waals surface area contributed by atoms with Gasteiger partial charge in [0.15, 0.2) is 17.3 Å². The van der Waals surface area contributed by atoms with Gasteiger partial charge in [-0.3, -0.25) is 33.6 Å². The van der Waals surface area contributed by atoms with Crippen LogP contribution in [-0.4, -0.2) is 210 Å². The smallest absolute Gasteiger partial charge is 0.329 e. The van der Waals surface area contributed by atoms with Crippen LogP contribution in [-0.2, 0) is 96.7 Å². The molecule has 0 aliphatic carbocycles. The van der Waals surface area contributed by atoms with Gasteiger partial charge in [0.05, 0.1) is 52.9 Å². The van der Waals surface area contributed by atoms with E-state index in [0.29, 0.717) is 39.4 Å². The molecule has 0 heterocycles. The van der Waals surface area contributed by atoms with Crippen molar-refractivity contribution in [3.63, 3.8) is 0 Å². The van der Waals surface area contributed by atoms with Crippen molar-refractivity contribution in [2.75, 3.05) is 158 Å². The second kappa shape index (κ2) is 64.7. The third-order valence-electron chi connectivity index (χ3n) is 5.81. The summed E-state index contributed by atoms with van der Waals surface area (Å²) in [6, 6.07) is 0. The van der Waals surface area contributed by atoms with Crippen molar-refractivity contribution in [1.82, 2.24) is 21.3 Å². The molecule has 0 rings (SSSR count). The van der Waals surface area contributed by atoms with Gasteiger partial charge in [0.25, 0.3) is 0 Å². The molecule has 0 bridgehead atoms. The summed E-state index contributed by atoms with van der Waals surface area (Å²) in [4.78, 5) is 93.4. The van der Waals surface area contributed by atoms with Gasteiger partial charge in [-0.1, -0.05) is 22.8 Å². The fourth-order valence-electron chi connectivity index (χ4n) is 3.25. The van der Waals surface area contributed by atoms with E-state index in [1.807, 2.05) is 0 Å². The van der Waals surface area contributed by atoms with E-state index in [1.54, 1.807) is 0 Å². The van der Waals surface area contributed by atoms with E-state index in [0.717, 1.165) is 0 Å². The first-order valence-electron chi connectivity index (χ1n) is 19.8. The predicted molar refractivity (Wildman–Crippen MR) is 243 cm³/mol. The number of rotatable bonds is 39. The van der Waals surface area contributed by atoms with Gasteiger partial charge >= 0.3 is 5.97 Å². The molecule has 4 amide bonds. The first-order chi connectivity index (χ1) is 31.7. The molecule has 402 valence electrons. The standard InChI is InChI=1S/2C9H16N4O4.C9H18N2O4.C8H14N4O5.CH4.CH3.Pd/c2*1-8(14)6-16-4-2-11-9(15)7-17-5-3-12-13-10;1-8(12)6-15-5-3-11-9(13)7-14-4-2-10;9-12-11-2-4-16-5-7(13)10-1-3-17-6-8(14)15;;;/h2*2-7H2,1H3,(H,11,15);2-7,10H2,1H3,(H,11,13);1-6H2,(H,10,13)(H,14,15);1H4;1H3;/q;;;;;-1;. The average molecular weight is 1090 g/mol. The number of ketones is 3. The molecule has 0 saturated carbocycles. The zero-order valence-corrected chi connectivity index (χ0v) is 40.4. The van der Waals surface area contributed by atoms with Crippen LogP contribution in [0.3, 0.4) is 0 Å². The summed E-state index contributed by atoms with van der Waals surface area (Å²) in [7, 11) is 0. The number of carboxylic acid groups (broad SMARTS) is 1. The van der Waals surface area contributed by atoms with Gasteiger partial charge in [0.2, 0.25) is 23.6 Å². The van der Waals surface area contributed by atoms with Crippen molar-refractivity contribution in [3.8, 4) is 0 Å². The second-order valence-corrected chi connectivity index (χ2v) is 12.0. The summed E-state index contributed by atoms with van der Waals surface area (Å²) in [5, 5.41) is 28.1. The Morgan fingerprint density at radius 2 is 0.681 bits per heavy atom. The van der Waals surface area contributed by atoms with Crippen molar-refractivity contribution in [1.29, 1.82) is 0 Å². The average Bonchev–Trinajstić information content (AvgIpc) is 3.26. The number of nitrogens with two attached hydrogens (primary N) is 1. The van der Waals surface area contributed by atoms with E-state index >= 15 is 0 Å². The van der Waals surface area contributed by atoms with Crippen molar-refractivity contribution >= 4 is 46.9 Å². The van der Waals surface area contributed by atoms with Crippen molar-refractivity contribution in [3.05, 3.63) is 38.8 Å². The molecule has 0 atom stereocenters. The Bertz CT molecular complexity index is 1370. The van der Waals surface area contributed by atoms with E-state index < -0.39 is 12.6 Å². The zero-order valence-electron chi connectivity index (χ0n) is 38.9. The number of carboxylic acids is 1. The number of hydrogen-bond donors (Lipinski definition) is 6. The number of Topliss-reactive ketones (excluding diaryl/α,β-unsaturated/α-hetero) is 3. The summed E-state index contributed by atoms with van der Waals surface area (Å²) in [5.74, 6) is -2.32. The quantitative estimate of drug-likeness (QED) is 0.0111. The van der Waals surface area contributed by atoms with Crippen LogP contribution >= 0.6 is 0 Å². The number of carbonyl (C=O) groups is 8. The van der Waals surface area contributed by atoms with Gasteiger partial charge in [-0.05, 0) is 37.4 Å². The number of hydrogen-bond acceptors (Lipinski definition) is 20. The van der Waals surface area contributed by atoms with E-state index in [1.165, 1.54) is 20.8 Å². The Morgan fingerprint density at radius 1 is 0.449 bits per heavy atom. The summed E-state index contributed by atoms with van der Waals surface area (Å²) in [5.41, 5.74) is 29.1. The van der Waals surface area contributed by atoms with Gasteiger partial charge in [0, 0.05) is 87.5 Å². The fraction of sp³-hybridized carbons (Fsp3) is 0.757. The van der Waals surface area contributed by atoms with E-state index in [4.69, 9.17) is 65.3 Å². The molecule has 32 heteroatoms. The third kappa shape index (κ3) is 83.1. The first kappa shape index (κ1) is 77.8. The van der Waals surface area contributed by atoms with Crippen LogP contribution in [0.5, 0.6) is 0 Å². The number of azide groups is 3. The minimum absolute atomic E-state index is 0. The number of nitrogens with one attached hydrogen (secondary N) is 4. The summed E-state index contributed by atoms with van der Waals surface area (Å²) in [6.45, 7) is 7.95. The molecule has 0 spiro atoms. The molecule has 31 nitrogen and oxygen atoms in total. The number of nitrogens with zero attached hydrogens (tertiary/aromatic N) is 9. The van der Waals surface area contributed by atoms with Gasteiger partial charge in [0.1, 0.15) is 52.9 Å². The minimum Gasteiger partial charge on any atom is -0.480 e. The van der Waals surface area contributed by atoms with E-state index in [2.05, 4.69) is 51.3 Å².